The van der Waals surface area contributed by atoms with Crippen molar-refractivity contribution in [2.75, 3.05) is 0 Å². The summed E-state index contributed by atoms with van der Waals surface area (Å²) in [4.78, 5) is 0. The molecule has 11 heteroatoms. The van der Waals surface area contributed by atoms with Gasteiger partial charge in [0.1, 0.15) is 0 Å². The van der Waals surface area contributed by atoms with E-state index in [2.05, 4.69) is 8.67 Å². The third-order valence-corrected chi connectivity index (χ3v) is 0.766. The van der Waals surface area contributed by atoms with Crippen molar-refractivity contribution in [1.82, 2.24) is 0 Å². The fourth-order valence-electron chi connectivity index (χ4n) is 0.0702. The molecular formula is H4CaO8S2. The van der Waals surface area contributed by atoms with Crippen molar-refractivity contribution in [1.29, 1.82) is 0 Å². The average Bonchev–Trinajstić information content (AvgIpc) is 1.57. The molecular weight excluding hydrogens is 232 g/mol. The Hall–Kier alpha value is 1.000. The Morgan fingerprint density at radius 2 is 1.00 bits per heavy atom. The van der Waals surface area contributed by atoms with Crippen molar-refractivity contribution >= 4 is 58.5 Å². The van der Waals surface area contributed by atoms with Gasteiger partial charge in [-0.2, -0.15) is 16.8 Å². The Balaban J connectivity index is 0. The normalized spacial score (nSPS) is 12.2. The van der Waals surface area contributed by atoms with Crippen LogP contribution in [-0.2, 0) is 29.5 Å². The van der Waals surface area contributed by atoms with Crippen molar-refractivity contribution in [2.45, 2.75) is 0 Å². The van der Waals surface area contributed by atoms with Crippen molar-refractivity contribution in [2.24, 2.45) is 0 Å². The molecule has 66 valence electrons. The van der Waals surface area contributed by atoms with Crippen LogP contribution in [0.5, 0.6) is 0 Å². The maximum absolute atomic E-state index is 9.51. The number of hydrogen-bond acceptors (Lipinski definition) is 6. The Kier molecular flexibility index (Phi) is 6.45. The zero-order chi connectivity index (χ0) is 8.41. The van der Waals surface area contributed by atoms with Gasteiger partial charge in [0.2, 0.25) is 0 Å². The Morgan fingerprint density at radius 1 is 0.818 bits per heavy atom. The second kappa shape index (κ2) is 4.89. The van der Waals surface area contributed by atoms with Crippen molar-refractivity contribution in [3.05, 3.63) is 0 Å². The molecule has 0 unspecified atom stereocenters. The third kappa shape index (κ3) is 13.9. The van der Waals surface area contributed by atoms with Gasteiger partial charge >= 0.3 is 58.5 Å². The molecule has 11 heavy (non-hydrogen) atoms. The van der Waals surface area contributed by atoms with E-state index in [1.54, 1.807) is 0 Å². The van der Waals surface area contributed by atoms with Crippen molar-refractivity contribution in [3.63, 3.8) is 0 Å². The van der Waals surface area contributed by atoms with Gasteiger partial charge < -0.3 is 0 Å². The summed E-state index contributed by atoms with van der Waals surface area (Å²) in [6.07, 6.45) is 0. The second-order valence-corrected chi connectivity index (χ2v) is 2.97. The van der Waals surface area contributed by atoms with E-state index in [0.29, 0.717) is 0 Å². The molecule has 0 atom stereocenters. The molecule has 0 aromatic heterocycles. The standard InChI is InChI=1S/Ca.H2O8S2.2H/c;1-9(2,3)7-8-10(4,5)6;;/h;(H,1,2,3)(H,4,5,6);;. The van der Waals surface area contributed by atoms with E-state index < -0.39 is 20.8 Å². The van der Waals surface area contributed by atoms with Crippen molar-refractivity contribution in [3.8, 4) is 0 Å². The van der Waals surface area contributed by atoms with Gasteiger partial charge in [-0.3, -0.25) is 9.11 Å². The van der Waals surface area contributed by atoms with Crippen LogP contribution in [0.15, 0.2) is 0 Å². The molecule has 0 saturated carbocycles. The molecule has 0 rings (SSSR count). The molecule has 0 aromatic rings. The van der Waals surface area contributed by atoms with Crippen LogP contribution in [0.1, 0.15) is 0 Å². The van der Waals surface area contributed by atoms with Crippen LogP contribution in [0, 0.1) is 0 Å². The van der Waals surface area contributed by atoms with Crippen LogP contribution in [0.4, 0.5) is 0 Å². The van der Waals surface area contributed by atoms with Crippen molar-refractivity contribution < 1.29 is 34.6 Å². The predicted molar refractivity (Wildman–Crippen MR) is 33.8 cm³/mol. The summed E-state index contributed by atoms with van der Waals surface area (Å²) in [5.41, 5.74) is 0. The molecule has 2 N–H and O–H groups in total. The summed E-state index contributed by atoms with van der Waals surface area (Å²) in [7, 11) is -10.0. The Morgan fingerprint density at radius 3 is 1.09 bits per heavy atom. The van der Waals surface area contributed by atoms with Crippen LogP contribution in [-0.4, -0.2) is 63.7 Å². The molecule has 0 radical (unpaired) electrons. The first-order valence-electron chi connectivity index (χ1n) is 1.53. The van der Waals surface area contributed by atoms with Crippen LogP contribution >= 0.6 is 0 Å². The van der Waals surface area contributed by atoms with E-state index in [0.717, 1.165) is 0 Å². The van der Waals surface area contributed by atoms with E-state index in [9.17, 15) is 16.8 Å². The summed E-state index contributed by atoms with van der Waals surface area (Å²) in [6.45, 7) is 0. The minimum atomic E-state index is -5.02. The first kappa shape index (κ1) is 14.5. The zero-order valence-electron chi connectivity index (χ0n) is 4.16. The molecule has 8 nitrogen and oxygen atoms in total. The Bertz CT molecular complexity index is 248. The monoisotopic (exact) mass is 236 g/mol. The van der Waals surface area contributed by atoms with Gasteiger partial charge in [-0.1, -0.05) is 8.67 Å². The van der Waals surface area contributed by atoms with Gasteiger partial charge in [0.25, 0.3) is 0 Å². The molecule has 0 bridgehead atoms. The van der Waals surface area contributed by atoms with E-state index in [4.69, 9.17) is 9.11 Å². The quantitative estimate of drug-likeness (QED) is 0.241. The molecule has 0 aliphatic carbocycles. The third-order valence-electron chi connectivity index (χ3n) is 0.200. The minimum absolute atomic E-state index is 0. The van der Waals surface area contributed by atoms with Crippen LogP contribution in [0.3, 0.4) is 0 Å². The maximum atomic E-state index is 9.51. The predicted octanol–water partition coefficient (Wildman–Crippen LogP) is -2.38. The average molecular weight is 236 g/mol. The summed E-state index contributed by atoms with van der Waals surface area (Å²) < 4.78 is 58.9. The first-order chi connectivity index (χ1) is 4.21. The molecule has 0 aliphatic heterocycles. The van der Waals surface area contributed by atoms with Gasteiger partial charge in [0.15, 0.2) is 0 Å². The van der Waals surface area contributed by atoms with E-state index in [-0.39, 0.29) is 37.7 Å². The summed E-state index contributed by atoms with van der Waals surface area (Å²) in [5, 5.41) is 0. The number of rotatable bonds is 3. The van der Waals surface area contributed by atoms with E-state index in [1.807, 2.05) is 0 Å². The molecule has 0 spiro atoms. The summed E-state index contributed by atoms with van der Waals surface area (Å²) in [5.74, 6) is 0. The van der Waals surface area contributed by atoms with E-state index >= 15 is 0 Å². The first-order valence-corrected chi connectivity index (χ1v) is 4.26. The van der Waals surface area contributed by atoms with Gasteiger partial charge in [0.05, 0.1) is 0 Å². The fraction of sp³-hybridized carbons (Fsp3) is 0. The zero-order valence-corrected chi connectivity index (χ0v) is 5.79. The van der Waals surface area contributed by atoms with Gasteiger partial charge in [-0.05, 0) is 0 Å². The second-order valence-electron chi connectivity index (χ2n) is 0.992. The topological polar surface area (TPSA) is 127 Å². The fourth-order valence-corrected chi connectivity index (χ4v) is 0.632. The van der Waals surface area contributed by atoms with Crippen LogP contribution in [0.25, 0.3) is 0 Å². The molecule has 0 aromatic carbocycles. The summed E-state index contributed by atoms with van der Waals surface area (Å²) >= 11 is 0. The SMILES string of the molecule is O=S(=O)(O)OOS(=O)(=O)O.[CaH2]. The van der Waals surface area contributed by atoms with Gasteiger partial charge in [-0.25, -0.2) is 0 Å². The molecule has 0 fully saturated rings. The number of hydrogen-bond donors (Lipinski definition) is 2. The van der Waals surface area contributed by atoms with E-state index in [1.165, 1.54) is 0 Å². The van der Waals surface area contributed by atoms with Gasteiger partial charge in [-0.15, -0.1) is 0 Å². The molecule has 0 amide bonds. The molecule has 0 saturated heterocycles. The van der Waals surface area contributed by atoms with Crippen LogP contribution < -0.4 is 0 Å². The van der Waals surface area contributed by atoms with Gasteiger partial charge in [0, 0.05) is 0 Å². The molecule has 0 heterocycles. The molecule has 0 aliphatic rings. The Labute approximate surface area is 92.3 Å². The summed E-state index contributed by atoms with van der Waals surface area (Å²) in [6, 6.07) is 0. The van der Waals surface area contributed by atoms with Crippen LogP contribution in [0.2, 0.25) is 0 Å².